The minimum absolute atomic E-state index is 0.0383. The molecule has 7 heteroatoms. The van der Waals surface area contributed by atoms with Crippen molar-refractivity contribution in [1.29, 1.82) is 0 Å². The van der Waals surface area contributed by atoms with Crippen LogP contribution in [0.2, 0.25) is 0 Å². The van der Waals surface area contributed by atoms with Gasteiger partial charge in [-0.2, -0.15) is 0 Å². The van der Waals surface area contributed by atoms with Gasteiger partial charge in [-0.1, -0.05) is 30.3 Å². The summed E-state index contributed by atoms with van der Waals surface area (Å²) in [5.41, 5.74) is 3.18. The molecule has 5 rings (SSSR count). The Bertz CT molecular complexity index is 918. The van der Waals surface area contributed by atoms with E-state index < -0.39 is 5.97 Å². The van der Waals surface area contributed by atoms with Gasteiger partial charge in [0.1, 0.15) is 5.82 Å². The summed E-state index contributed by atoms with van der Waals surface area (Å²) in [5, 5.41) is 11.6. The second-order valence-electron chi connectivity index (χ2n) is 8.33. The van der Waals surface area contributed by atoms with E-state index >= 15 is 0 Å². The number of amides is 1. The van der Waals surface area contributed by atoms with Gasteiger partial charge in [-0.3, -0.25) is 14.5 Å². The number of hydrogen-bond acceptors (Lipinski definition) is 5. The molecule has 0 aliphatic carbocycles. The van der Waals surface area contributed by atoms with Gasteiger partial charge in [0.25, 0.3) is 0 Å². The molecule has 1 aromatic carbocycles. The third kappa shape index (κ3) is 4.67. The van der Waals surface area contributed by atoms with Crippen molar-refractivity contribution in [1.82, 2.24) is 20.2 Å². The zero-order valence-corrected chi connectivity index (χ0v) is 17.3. The first-order chi connectivity index (χ1) is 14.5. The summed E-state index contributed by atoms with van der Waals surface area (Å²) in [6.07, 6.45) is 2.07. The lowest BCUT2D eigenvalue weighted by Gasteiger charge is -2.49. The number of carbonyl (C=O) groups is 2. The smallest absolute Gasteiger partial charge is 0.303 e. The number of aromatic nitrogens is 2. The Kier molecular flexibility index (Phi) is 6.08. The highest BCUT2D eigenvalue weighted by atomic mass is 16.4. The van der Waals surface area contributed by atoms with Crippen LogP contribution in [0.5, 0.6) is 0 Å². The molecule has 158 valence electrons. The molecule has 3 aliphatic rings. The number of carbonyl (C=O) groups excluding carboxylic acids is 1. The molecule has 30 heavy (non-hydrogen) atoms. The molecule has 3 saturated heterocycles. The van der Waals surface area contributed by atoms with Crippen LogP contribution in [-0.4, -0.2) is 57.5 Å². The normalized spacial score (nSPS) is 25.1. The van der Waals surface area contributed by atoms with Crippen molar-refractivity contribution >= 4 is 11.9 Å². The average molecular weight is 409 g/mol. The van der Waals surface area contributed by atoms with Crippen LogP contribution in [-0.2, 0) is 9.59 Å². The first kappa shape index (κ1) is 20.5. The highest BCUT2D eigenvalue weighted by Gasteiger charge is 2.41. The summed E-state index contributed by atoms with van der Waals surface area (Å²) in [4.78, 5) is 34.4. The minimum atomic E-state index is -0.941. The van der Waals surface area contributed by atoms with Crippen molar-refractivity contribution in [2.45, 2.75) is 44.6 Å². The van der Waals surface area contributed by atoms with Crippen LogP contribution in [0.25, 0.3) is 11.3 Å². The number of piperidine rings is 3. The van der Waals surface area contributed by atoms with E-state index in [2.05, 4.69) is 33.4 Å². The Hall–Kier alpha value is -2.80. The summed E-state index contributed by atoms with van der Waals surface area (Å²) in [6.45, 7) is 4.50. The molecule has 2 N–H and O–H groups in total. The maximum atomic E-state index is 11.9. The maximum absolute atomic E-state index is 11.9. The number of hydrogen-bond donors (Lipinski definition) is 2. The number of nitrogens with one attached hydrogen (secondary N) is 1. The number of benzene rings is 1. The summed E-state index contributed by atoms with van der Waals surface area (Å²) in [7, 11) is 0. The molecule has 0 radical (unpaired) electrons. The van der Waals surface area contributed by atoms with Crippen molar-refractivity contribution in [3.05, 3.63) is 47.9 Å². The van der Waals surface area contributed by atoms with Gasteiger partial charge < -0.3 is 10.4 Å². The van der Waals surface area contributed by atoms with Crippen LogP contribution in [0.4, 0.5) is 0 Å². The van der Waals surface area contributed by atoms with Crippen LogP contribution >= 0.6 is 0 Å². The van der Waals surface area contributed by atoms with Gasteiger partial charge in [-0.05, 0) is 38.3 Å². The van der Waals surface area contributed by atoms with E-state index in [0.29, 0.717) is 24.4 Å². The predicted molar refractivity (Wildman–Crippen MR) is 113 cm³/mol. The lowest BCUT2D eigenvalue weighted by atomic mass is 9.74. The topological polar surface area (TPSA) is 95.4 Å². The Balaban J connectivity index is 1.42. The molecule has 7 nitrogen and oxygen atoms in total. The second kappa shape index (κ2) is 8.92. The van der Waals surface area contributed by atoms with Crippen LogP contribution in [0.1, 0.15) is 43.1 Å². The third-order valence-corrected chi connectivity index (χ3v) is 6.29. The van der Waals surface area contributed by atoms with Crippen LogP contribution < -0.4 is 5.32 Å². The lowest BCUT2D eigenvalue weighted by Crippen LogP contribution is -2.56. The molecule has 1 amide bonds. The van der Waals surface area contributed by atoms with Crippen LogP contribution in [0.3, 0.4) is 0 Å². The average Bonchev–Trinajstić information content (AvgIpc) is 2.76. The van der Waals surface area contributed by atoms with Crippen molar-refractivity contribution in [2.75, 3.05) is 19.6 Å². The molecule has 4 heterocycles. The Labute approximate surface area is 176 Å². The molecule has 4 unspecified atom stereocenters. The SMILES string of the molecule is Cc1nc(-c2ccccc2)cc(C2CN3CCC2CC3CNC(=O)CCC(=O)O)n1. The van der Waals surface area contributed by atoms with E-state index in [1.807, 2.05) is 25.1 Å². The zero-order chi connectivity index (χ0) is 21.1. The highest BCUT2D eigenvalue weighted by Crippen LogP contribution is 2.41. The molecule has 4 atom stereocenters. The number of nitrogens with zero attached hydrogens (tertiary/aromatic N) is 3. The number of carboxylic acids is 1. The number of carboxylic acid groups (broad SMARTS) is 1. The fourth-order valence-corrected chi connectivity index (χ4v) is 4.76. The molecule has 1 aromatic heterocycles. The fraction of sp³-hybridized carbons (Fsp3) is 0.478. The third-order valence-electron chi connectivity index (χ3n) is 6.29. The quantitative estimate of drug-likeness (QED) is 0.731. The molecule has 0 spiro atoms. The molecular formula is C23H28N4O3. The van der Waals surface area contributed by atoms with Gasteiger partial charge >= 0.3 is 5.97 Å². The summed E-state index contributed by atoms with van der Waals surface area (Å²) in [6, 6.07) is 12.7. The largest absolute Gasteiger partial charge is 0.481 e. The fourth-order valence-electron chi connectivity index (χ4n) is 4.76. The maximum Gasteiger partial charge on any atom is 0.303 e. The standard InChI is InChI=1S/C23H28N4O3/c1-15-25-20(16-5-3-2-4-6-16)12-21(26-15)19-14-27-10-9-17(19)11-18(27)13-24-22(28)7-8-23(29)30/h2-6,12,17-19H,7-11,13-14H2,1H3,(H,24,28)(H,29,30). The number of fused-ring (bicyclic) bond motifs is 3. The van der Waals surface area contributed by atoms with Crippen molar-refractivity contribution < 1.29 is 14.7 Å². The first-order valence-electron chi connectivity index (χ1n) is 10.6. The Morgan fingerprint density at radius 3 is 2.70 bits per heavy atom. The Morgan fingerprint density at radius 2 is 2.00 bits per heavy atom. The second-order valence-corrected chi connectivity index (χ2v) is 8.33. The molecule has 3 fully saturated rings. The van der Waals surface area contributed by atoms with Crippen molar-refractivity contribution in [2.24, 2.45) is 5.92 Å². The number of aryl methyl sites for hydroxylation is 1. The first-order valence-corrected chi connectivity index (χ1v) is 10.6. The van der Waals surface area contributed by atoms with E-state index in [-0.39, 0.29) is 18.7 Å². The predicted octanol–water partition coefficient (Wildman–Crippen LogP) is 2.61. The summed E-state index contributed by atoms with van der Waals surface area (Å²) < 4.78 is 0. The number of aliphatic carboxylic acids is 1. The summed E-state index contributed by atoms with van der Waals surface area (Å²) >= 11 is 0. The molecular weight excluding hydrogens is 380 g/mol. The Morgan fingerprint density at radius 1 is 1.20 bits per heavy atom. The van der Waals surface area contributed by atoms with Gasteiger partial charge in [0.2, 0.25) is 5.91 Å². The van der Waals surface area contributed by atoms with Crippen molar-refractivity contribution in [3.63, 3.8) is 0 Å². The van der Waals surface area contributed by atoms with E-state index in [1.54, 1.807) is 0 Å². The molecule has 0 saturated carbocycles. The minimum Gasteiger partial charge on any atom is -0.481 e. The zero-order valence-electron chi connectivity index (χ0n) is 17.3. The van der Waals surface area contributed by atoms with Crippen LogP contribution in [0, 0.1) is 12.8 Å². The highest BCUT2D eigenvalue weighted by molar-refractivity contribution is 5.80. The van der Waals surface area contributed by atoms with Gasteiger partial charge in [0, 0.05) is 42.7 Å². The number of rotatable bonds is 7. The van der Waals surface area contributed by atoms with Gasteiger partial charge in [-0.25, -0.2) is 9.97 Å². The molecule has 2 aromatic rings. The van der Waals surface area contributed by atoms with Gasteiger partial charge in [0.05, 0.1) is 12.1 Å². The van der Waals surface area contributed by atoms with Gasteiger partial charge in [0.15, 0.2) is 0 Å². The van der Waals surface area contributed by atoms with E-state index in [9.17, 15) is 9.59 Å². The molecule has 3 aliphatic heterocycles. The summed E-state index contributed by atoms with van der Waals surface area (Å²) in [5.74, 6) is 0.583. The van der Waals surface area contributed by atoms with Crippen LogP contribution in [0.15, 0.2) is 36.4 Å². The monoisotopic (exact) mass is 408 g/mol. The van der Waals surface area contributed by atoms with E-state index in [1.165, 1.54) is 0 Å². The van der Waals surface area contributed by atoms with Crippen molar-refractivity contribution in [3.8, 4) is 11.3 Å². The molecule has 2 bridgehead atoms. The van der Waals surface area contributed by atoms with E-state index in [0.717, 1.165) is 48.7 Å². The van der Waals surface area contributed by atoms with Gasteiger partial charge in [-0.15, -0.1) is 0 Å². The van der Waals surface area contributed by atoms with E-state index in [4.69, 9.17) is 10.1 Å². The lowest BCUT2D eigenvalue weighted by molar-refractivity contribution is -0.138.